The molecule has 11 heteroatoms. The molecule has 0 unspecified atom stereocenters. The van der Waals surface area contributed by atoms with E-state index in [0.29, 0.717) is 42.4 Å². The summed E-state index contributed by atoms with van der Waals surface area (Å²) in [6.45, 7) is 3.73. The third-order valence-corrected chi connectivity index (χ3v) is 9.43. The Morgan fingerprint density at radius 2 is 1.79 bits per heavy atom. The van der Waals surface area contributed by atoms with E-state index in [1.165, 1.54) is 11.0 Å². The third kappa shape index (κ3) is 4.18. The first-order valence-corrected chi connectivity index (χ1v) is 14.5. The molecule has 4 heterocycles. The minimum atomic E-state index is -2.60. The predicted octanol–water partition coefficient (Wildman–Crippen LogP) is 6.54. The third-order valence-electron chi connectivity index (χ3n) is 7.65. The van der Waals surface area contributed by atoms with Gasteiger partial charge in [0.25, 0.3) is 0 Å². The number of hydrogen-bond donors (Lipinski definition) is 2. The summed E-state index contributed by atoms with van der Waals surface area (Å²) in [7, 11) is -2.60. The summed E-state index contributed by atoms with van der Waals surface area (Å²) >= 11 is 0. The Hall–Kier alpha value is -3.28. The van der Waals surface area contributed by atoms with Crippen molar-refractivity contribution in [3.63, 3.8) is 0 Å². The van der Waals surface area contributed by atoms with Gasteiger partial charge in [0.1, 0.15) is 11.6 Å². The molecule has 2 aromatic carbocycles. The molecule has 200 valence electrons. The molecule has 2 N–H and O–H groups in total. The van der Waals surface area contributed by atoms with Crippen LogP contribution in [-0.4, -0.2) is 41.2 Å². The molecule has 0 spiro atoms. The Morgan fingerprint density at radius 1 is 1.03 bits per heavy atom. The fraction of sp³-hybridized carbons (Fsp3) is 0.370. The summed E-state index contributed by atoms with van der Waals surface area (Å²) in [4.78, 5) is 19.5. The molecule has 2 saturated heterocycles. The smallest absolute Gasteiger partial charge is 0.227 e. The highest BCUT2D eigenvalue weighted by Gasteiger charge is 2.39. The molecule has 0 aliphatic carbocycles. The number of hydrogen-bond acceptors (Lipinski definition) is 6. The Bertz CT molecular complexity index is 1540. The van der Waals surface area contributed by atoms with Gasteiger partial charge in [-0.15, -0.1) is 0 Å². The molecule has 0 bridgehead atoms. The zero-order chi connectivity index (χ0) is 26.8. The van der Waals surface area contributed by atoms with Gasteiger partial charge in [0, 0.05) is 41.3 Å². The minimum absolute atomic E-state index is 0.0534. The Kier molecular flexibility index (Phi) is 6.04. The number of anilines is 1. The topological polar surface area (TPSA) is 105 Å². The van der Waals surface area contributed by atoms with Gasteiger partial charge in [-0.1, -0.05) is 11.2 Å². The van der Waals surface area contributed by atoms with Crippen LogP contribution in [0.15, 0.2) is 40.9 Å². The van der Waals surface area contributed by atoms with Crippen LogP contribution in [0.2, 0.25) is 0 Å². The van der Waals surface area contributed by atoms with Crippen molar-refractivity contribution in [2.75, 3.05) is 16.4 Å². The predicted molar refractivity (Wildman–Crippen MR) is 141 cm³/mol. The van der Waals surface area contributed by atoms with Crippen LogP contribution in [0.1, 0.15) is 55.0 Å². The molecular formula is C27H28F2N4O4S. The van der Waals surface area contributed by atoms with E-state index >= 15 is 0 Å². The maximum Gasteiger partial charge on any atom is 0.227 e. The maximum atomic E-state index is 14.2. The second-order valence-corrected chi connectivity index (χ2v) is 12.5. The second kappa shape index (κ2) is 9.18. The lowest BCUT2D eigenvalue weighted by Gasteiger charge is -2.40. The van der Waals surface area contributed by atoms with Gasteiger partial charge in [0.05, 0.1) is 22.8 Å². The van der Waals surface area contributed by atoms with E-state index in [4.69, 9.17) is 9.51 Å². The van der Waals surface area contributed by atoms with Gasteiger partial charge in [-0.3, -0.25) is 13.9 Å². The summed E-state index contributed by atoms with van der Waals surface area (Å²) in [6, 6.07) is 8.89. The summed E-state index contributed by atoms with van der Waals surface area (Å²) in [5.41, 5.74) is 4.44. The first kappa shape index (κ1) is 25.0. The molecule has 4 aromatic rings. The number of amides is 1. The van der Waals surface area contributed by atoms with E-state index < -0.39 is 28.3 Å². The SMILES string of the molecule is Cc1noc(C)c1-c1ccc2c(c1)nc([C@@H]1CCC(=O)N1c1ccc(F)c(F)c1)n2C1CCS(O)(O)CC1. The maximum absolute atomic E-state index is 14.2. The number of benzene rings is 2. The first-order chi connectivity index (χ1) is 18.1. The van der Waals surface area contributed by atoms with Crippen LogP contribution in [0.25, 0.3) is 22.2 Å². The molecule has 6 rings (SSSR count). The Labute approximate surface area is 219 Å². The highest BCUT2D eigenvalue weighted by molar-refractivity contribution is 8.24. The molecule has 0 radical (unpaired) electrons. The zero-order valence-corrected chi connectivity index (χ0v) is 21.8. The molecule has 38 heavy (non-hydrogen) atoms. The number of aryl methyl sites for hydroxylation is 2. The lowest BCUT2D eigenvalue weighted by Crippen LogP contribution is -2.31. The fourth-order valence-electron chi connectivity index (χ4n) is 5.83. The van der Waals surface area contributed by atoms with Crippen LogP contribution in [0.3, 0.4) is 0 Å². The highest BCUT2D eigenvalue weighted by atomic mass is 32.3. The van der Waals surface area contributed by atoms with E-state index in [1.807, 2.05) is 32.0 Å². The minimum Gasteiger partial charge on any atom is -0.361 e. The first-order valence-electron chi connectivity index (χ1n) is 12.6. The van der Waals surface area contributed by atoms with E-state index in [0.717, 1.165) is 40.0 Å². The van der Waals surface area contributed by atoms with Crippen molar-refractivity contribution in [2.24, 2.45) is 0 Å². The summed E-state index contributed by atoms with van der Waals surface area (Å²) in [6.07, 6.45) is 1.83. The normalized spacial score (nSPS) is 20.9. The number of nitrogens with zero attached hydrogens (tertiary/aromatic N) is 4. The average molecular weight is 543 g/mol. The molecule has 0 saturated carbocycles. The summed E-state index contributed by atoms with van der Waals surface area (Å²) in [5.74, 6) is -0.239. The van der Waals surface area contributed by atoms with Crippen LogP contribution < -0.4 is 4.90 Å². The van der Waals surface area contributed by atoms with Gasteiger partial charge in [-0.25, -0.2) is 13.8 Å². The fourth-order valence-corrected chi connectivity index (χ4v) is 7.33. The standard InChI is InChI=1S/C27H28F2N4O4S/c1-15-26(16(2)37-31-15)17-3-6-23-22(13-17)30-27(33(23)18-9-11-38(35,36)12-10-18)24-7-8-25(34)32(24)19-4-5-20(28)21(29)14-19/h3-6,13-14,18,24,35-36H,7-12H2,1-2H3/t24-/m0/s1. The molecule has 1 atom stereocenters. The van der Waals surface area contributed by atoms with Crippen molar-refractivity contribution in [3.05, 3.63) is 65.3 Å². The molecule has 8 nitrogen and oxygen atoms in total. The molecule has 1 amide bonds. The van der Waals surface area contributed by atoms with Gasteiger partial charge >= 0.3 is 0 Å². The second-order valence-electron chi connectivity index (χ2n) is 10.1. The summed E-state index contributed by atoms with van der Waals surface area (Å²) < 4.78 is 55.8. The lowest BCUT2D eigenvalue weighted by atomic mass is 10.0. The molecule has 2 aliphatic rings. The number of carbonyl (C=O) groups excluding carboxylic acids is 1. The quantitative estimate of drug-likeness (QED) is 0.303. The number of rotatable bonds is 4. The molecule has 2 aromatic heterocycles. The van der Waals surface area contributed by atoms with Crippen LogP contribution >= 0.6 is 10.6 Å². The monoisotopic (exact) mass is 542 g/mol. The van der Waals surface area contributed by atoms with Crippen molar-refractivity contribution in [1.29, 1.82) is 0 Å². The largest absolute Gasteiger partial charge is 0.361 e. The van der Waals surface area contributed by atoms with Gasteiger partial charge in [0.15, 0.2) is 11.6 Å². The lowest BCUT2D eigenvalue weighted by molar-refractivity contribution is -0.117. The highest BCUT2D eigenvalue weighted by Crippen LogP contribution is 2.49. The Balaban J connectivity index is 1.50. The van der Waals surface area contributed by atoms with Gasteiger partial charge in [0.2, 0.25) is 5.91 Å². The number of aromatic nitrogens is 3. The van der Waals surface area contributed by atoms with Crippen LogP contribution in [0, 0.1) is 25.5 Å². The molecule has 2 fully saturated rings. The Morgan fingerprint density at radius 3 is 2.47 bits per heavy atom. The van der Waals surface area contributed by atoms with Crippen LogP contribution in [0.4, 0.5) is 14.5 Å². The van der Waals surface area contributed by atoms with E-state index in [1.54, 1.807) is 0 Å². The van der Waals surface area contributed by atoms with Crippen LogP contribution in [-0.2, 0) is 4.79 Å². The van der Waals surface area contributed by atoms with Crippen LogP contribution in [0.5, 0.6) is 0 Å². The van der Waals surface area contributed by atoms with E-state index in [-0.39, 0.29) is 24.1 Å². The van der Waals surface area contributed by atoms with Crippen molar-refractivity contribution in [1.82, 2.24) is 14.7 Å². The average Bonchev–Trinajstić information content (AvgIpc) is 3.55. The van der Waals surface area contributed by atoms with Gasteiger partial charge < -0.3 is 14.0 Å². The number of halogens is 2. The number of carbonyl (C=O) groups is 1. The van der Waals surface area contributed by atoms with Crippen molar-refractivity contribution >= 4 is 33.2 Å². The van der Waals surface area contributed by atoms with Crippen molar-refractivity contribution in [3.8, 4) is 11.1 Å². The number of fused-ring (bicyclic) bond motifs is 1. The summed E-state index contributed by atoms with van der Waals surface area (Å²) in [5, 5.41) is 4.06. The number of imidazole rings is 1. The van der Waals surface area contributed by atoms with Crippen molar-refractivity contribution < 1.29 is 27.2 Å². The van der Waals surface area contributed by atoms with E-state index in [9.17, 15) is 22.7 Å². The van der Waals surface area contributed by atoms with Gasteiger partial charge in [-0.05, 0) is 62.9 Å². The van der Waals surface area contributed by atoms with Gasteiger partial charge in [-0.2, -0.15) is 10.6 Å². The molecular weight excluding hydrogens is 514 g/mol. The van der Waals surface area contributed by atoms with E-state index in [2.05, 4.69) is 9.72 Å². The van der Waals surface area contributed by atoms with Crippen molar-refractivity contribution in [2.45, 2.75) is 51.6 Å². The molecule has 2 aliphatic heterocycles. The zero-order valence-electron chi connectivity index (χ0n) is 21.0.